The molecule has 0 aliphatic heterocycles. The van der Waals surface area contributed by atoms with Crippen molar-refractivity contribution in [3.8, 4) is 0 Å². The topological polar surface area (TPSA) is 87.7 Å². The molecule has 2 unspecified atom stereocenters. The molecule has 7 nitrogen and oxygen atoms in total. The lowest BCUT2D eigenvalue weighted by molar-refractivity contribution is -0.140. The highest BCUT2D eigenvalue weighted by atomic mass is 35.5. The van der Waals surface area contributed by atoms with E-state index in [-0.39, 0.29) is 5.91 Å². The van der Waals surface area contributed by atoms with E-state index in [1.165, 1.54) is 4.90 Å². The number of aryl methyl sites for hydroxylation is 3. The first-order valence-corrected chi connectivity index (χ1v) is 12.6. The van der Waals surface area contributed by atoms with Gasteiger partial charge in [-0.2, -0.15) is 0 Å². The summed E-state index contributed by atoms with van der Waals surface area (Å²) in [6.45, 7) is 14.8. The van der Waals surface area contributed by atoms with Crippen molar-refractivity contribution in [3.63, 3.8) is 0 Å². The van der Waals surface area contributed by atoms with E-state index in [1.807, 2.05) is 58.0 Å². The minimum atomic E-state index is -0.936. The van der Waals surface area contributed by atoms with E-state index >= 15 is 0 Å². The van der Waals surface area contributed by atoms with Crippen LogP contribution in [0.4, 0.5) is 10.5 Å². The molecule has 0 aliphatic rings. The fourth-order valence-corrected chi connectivity index (χ4v) is 4.29. The number of alkyl carbamates (subject to hydrolysis) is 1. The van der Waals surface area contributed by atoms with E-state index in [0.29, 0.717) is 29.2 Å². The van der Waals surface area contributed by atoms with Crippen molar-refractivity contribution in [1.82, 2.24) is 10.2 Å². The van der Waals surface area contributed by atoms with Crippen LogP contribution in [0.2, 0.25) is 5.02 Å². The number of nitrogens with zero attached hydrogens (tertiary/aromatic N) is 1. The van der Waals surface area contributed by atoms with Crippen molar-refractivity contribution >= 4 is 35.2 Å². The normalized spacial score (nSPS) is 12.9. The molecule has 8 heteroatoms. The number of nitrogens with one attached hydrogen (secondary N) is 2. The largest absolute Gasteiger partial charge is 0.444 e. The summed E-state index contributed by atoms with van der Waals surface area (Å²) in [5.41, 5.74) is 3.23. The summed E-state index contributed by atoms with van der Waals surface area (Å²) in [7, 11) is 0. The second kappa shape index (κ2) is 12.3. The predicted octanol–water partition coefficient (Wildman–Crippen LogP) is 6.10. The number of hydrogen-bond donors (Lipinski definition) is 2. The summed E-state index contributed by atoms with van der Waals surface area (Å²) in [6, 6.07) is 9.34. The number of halogens is 1. The Morgan fingerprint density at radius 2 is 1.67 bits per heavy atom. The molecule has 2 atom stereocenters. The molecule has 0 bridgehead atoms. The van der Waals surface area contributed by atoms with Gasteiger partial charge in [-0.05, 0) is 72.1 Å². The first-order chi connectivity index (χ1) is 16.7. The van der Waals surface area contributed by atoms with Gasteiger partial charge in [0.2, 0.25) is 5.91 Å². The summed E-state index contributed by atoms with van der Waals surface area (Å²) < 4.78 is 5.31. The molecule has 2 rings (SSSR count). The lowest BCUT2D eigenvalue weighted by atomic mass is 9.98. The van der Waals surface area contributed by atoms with Crippen molar-refractivity contribution in [2.45, 2.75) is 79.5 Å². The number of rotatable bonds is 8. The summed E-state index contributed by atoms with van der Waals surface area (Å²) >= 11 is 6.38. The predicted molar refractivity (Wildman–Crippen MR) is 144 cm³/mol. The van der Waals surface area contributed by atoms with Gasteiger partial charge in [0.15, 0.2) is 0 Å². The van der Waals surface area contributed by atoms with Crippen LogP contribution in [-0.4, -0.2) is 41.0 Å². The third kappa shape index (κ3) is 7.98. The van der Waals surface area contributed by atoms with Crippen molar-refractivity contribution < 1.29 is 19.1 Å². The summed E-state index contributed by atoms with van der Waals surface area (Å²) in [4.78, 5) is 41.3. The number of anilines is 1. The molecule has 2 aromatic carbocycles. The van der Waals surface area contributed by atoms with Crippen LogP contribution in [0.5, 0.6) is 0 Å². The van der Waals surface area contributed by atoms with Gasteiger partial charge in [0.1, 0.15) is 17.7 Å². The minimum absolute atomic E-state index is 0.311. The number of carbonyl (C=O) groups excluding carboxylic acids is 3. The van der Waals surface area contributed by atoms with Crippen LogP contribution < -0.4 is 10.6 Å². The van der Waals surface area contributed by atoms with Gasteiger partial charge in [0.05, 0.1) is 10.7 Å². The zero-order valence-electron chi connectivity index (χ0n) is 22.5. The third-order valence-corrected chi connectivity index (χ3v) is 5.76. The van der Waals surface area contributed by atoms with Gasteiger partial charge in [-0.25, -0.2) is 4.79 Å². The standard InChI is InChI=1S/C28H38ClN3O4/c1-9-13-32(26(34)20(5)30-27(35)36-28(6,7)8)24(21-15-17(2)14-18(3)16-21)25(33)31-23-19(4)11-10-12-22(23)29/h10-12,14-16,20,24H,9,13H2,1-8H3,(H,30,35)(H,31,33). The highest BCUT2D eigenvalue weighted by Crippen LogP contribution is 2.30. The van der Waals surface area contributed by atoms with Gasteiger partial charge in [-0.3, -0.25) is 9.59 Å². The van der Waals surface area contributed by atoms with E-state index in [2.05, 4.69) is 10.6 Å². The number of para-hydroxylation sites is 1. The molecule has 0 saturated carbocycles. The van der Waals surface area contributed by atoms with Crippen molar-refractivity contribution in [3.05, 3.63) is 63.7 Å². The van der Waals surface area contributed by atoms with E-state index in [4.69, 9.17) is 16.3 Å². The summed E-state index contributed by atoms with van der Waals surface area (Å²) in [6.07, 6.45) is -0.0798. The monoisotopic (exact) mass is 515 g/mol. The van der Waals surface area contributed by atoms with Crippen molar-refractivity contribution in [1.29, 1.82) is 0 Å². The molecule has 2 N–H and O–H groups in total. The molecule has 36 heavy (non-hydrogen) atoms. The van der Waals surface area contributed by atoms with Gasteiger partial charge in [0.25, 0.3) is 5.91 Å². The Kier molecular flexibility index (Phi) is 9.93. The maximum atomic E-state index is 13.8. The van der Waals surface area contributed by atoms with Gasteiger partial charge < -0.3 is 20.3 Å². The fraction of sp³-hybridized carbons (Fsp3) is 0.464. The highest BCUT2D eigenvalue weighted by Gasteiger charge is 2.35. The average Bonchev–Trinajstić information content (AvgIpc) is 2.73. The van der Waals surface area contributed by atoms with Crippen LogP contribution in [0.15, 0.2) is 36.4 Å². The zero-order chi connectivity index (χ0) is 27.2. The Morgan fingerprint density at radius 3 is 2.19 bits per heavy atom. The number of benzene rings is 2. The molecule has 0 heterocycles. The quantitative estimate of drug-likeness (QED) is 0.445. The number of carbonyl (C=O) groups is 3. The van der Waals surface area contributed by atoms with Crippen LogP contribution in [-0.2, 0) is 14.3 Å². The molecular weight excluding hydrogens is 478 g/mol. The molecule has 0 aliphatic carbocycles. The van der Waals surface area contributed by atoms with E-state index < -0.39 is 29.7 Å². The second-order valence-corrected chi connectivity index (χ2v) is 10.6. The number of ether oxygens (including phenoxy) is 1. The van der Waals surface area contributed by atoms with E-state index in [9.17, 15) is 14.4 Å². The molecule has 2 aromatic rings. The Morgan fingerprint density at radius 1 is 1.06 bits per heavy atom. The van der Waals surface area contributed by atoms with Crippen LogP contribution in [0.25, 0.3) is 0 Å². The zero-order valence-corrected chi connectivity index (χ0v) is 23.2. The molecule has 196 valence electrons. The summed E-state index contributed by atoms with van der Waals surface area (Å²) in [5.74, 6) is -0.777. The van der Waals surface area contributed by atoms with E-state index in [0.717, 1.165) is 16.7 Å². The van der Waals surface area contributed by atoms with Crippen LogP contribution >= 0.6 is 11.6 Å². The SMILES string of the molecule is CCCN(C(=O)C(C)NC(=O)OC(C)(C)C)C(C(=O)Nc1c(C)cccc1Cl)c1cc(C)cc(C)c1. The lowest BCUT2D eigenvalue weighted by Crippen LogP contribution is -2.51. The van der Waals surface area contributed by atoms with E-state index in [1.54, 1.807) is 33.8 Å². The Balaban J connectivity index is 2.49. The summed E-state index contributed by atoms with van der Waals surface area (Å²) in [5, 5.41) is 5.96. The Bertz CT molecular complexity index is 1070. The maximum absolute atomic E-state index is 13.8. The minimum Gasteiger partial charge on any atom is -0.444 e. The molecule has 0 fully saturated rings. The Labute approximate surface area is 219 Å². The van der Waals surface area contributed by atoms with Crippen LogP contribution in [0.3, 0.4) is 0 Å². The van der Waals surface area contributed by atoms with Gasteiger partial charge in [-0.15, -0.1) is 0 Å². The average molecular weight is 516 g/mol. The van der Waals surface area contributed by atoms with Gasteiger partial charge >= 0.3 is 6.09 Å². The first-order valence-electron chi connectivity index (χ1n) is 12.2. The molecule has 0 aromatic heterocycles. The van der Waals surface area contributed by atoms with Gasteiger partial charge in [0, 0.05) is 6.54 Å². The number of amides is 3. The highest BCUT2D eigenvalue weighted by molar-refractivity contribution is 6.34. The van der Waals surface area contributed by atoms with Crippen molar-refractivity contribution in [2.75, 3.05) is 11.9 Å². The van der Waals surface area contributed by atoms with Gasteiger partial charge in [-0.1, -0.05) is 60.0 Å². The third-order valence-electron chi connectivity index (χ3n) is 5.44. The fourth-order valence-electron chi connectivity index (χ4n) is 4.02. The van der Waals surface area contributed by atoms with Crippen LogP contribution in [0, 0.1) is 20.8 Å². The molecular formula is C28H38ClN3O4. The molecule has 0 radical (unpaired) electrons. The molecule has 3 amide bonds. The van der Waals surface area contributed by atoms with Crippen LogP contribution in [0.1, 0.15) is 69.3 Å². The number of hydrogen-bond acceptors (Lipinski definition) is 4. The lowest BCUT2D eigenvalue weighted by Gasteiger charge is -2.34. The smallest absolute Gasteiger partial charge is 0.408 e. The Hall–Kier alpha value is -3.06. The molecule has 0 spiro atoms. The second-order valence-electron chi connectivity index (χ2n) is 10.1. The molecule has 0 saturated heterocycles. The van der Waals surface area contributed by atoms with Crippen molar-refractivity contribution in [2.24, 2.45) is 0 Å². The first kappa shape index (κ1) is 29.2. The maximum Gasteiger partial charge on any atom is 0.408 e.